The summed E-state index contributed by atoms with van der Waals surface area (Å²) in [7, 11) is 0. The molecule has 6 heteroatoms. The highest BCUT2D eigenvalue weighted by Crippen LogP contribution is 2.17. The quantitative estimate of drug-likeness (QED) is 0.774. The Labute approximate surface area is 144 Å². The molecule has 1 saturated heterocycles. The molecule has 0 aromatic carbocycles. The number of hydrogen-bond donors (Lipinski definition) is 1. The van der Waals surface area contributed by atoms with Crippen LogP contribution in [-0.4, -0.2) is 54.3 Å². The lowest BCUT2D eigenvalue weighted by atomic mass is 10.1. The Hall–Kier alpha value is -1.82. The van der Waals surface area contributed by atoms with E-state index >= 15 is 0 Å². The molecule has 134 valence electrons. The summed E-state index contributed by atoms with van der Waals surface area (Å²) in [6, 6.07) is 1.79. The molecule has 24 heavy (non-hydrogen) atoms. The Morgan fingerprint density at radius 3 is 2.25 bits per heavy atom. The van der Waals surface area contributed by atoms with Crippen LogP contribution in [0.4, 0.5) is 0 Å². The van der Waals surface area contributed by atoms with Crippen molar-refractivity contribution in [1.29, 1.82) is 0 Å². The molecule has 2 rings (SSSR count). The fourth-order valence-electron chi connectivity index (χ4n) is 3.10. The van der Waals surface area contributed by atoms with Gasteiger partial charge in [0.25, 0.3) is 5.91 Å². The maximum Gasteiger partial charge on any atom is 0.257 e. The number of unbranched alkanes of at least 4 members (excludes halogenated alkanes) is 3. The highest BCUT2D eigenvalue weighted by molar-refractivity contribution is 5.95. The van der Waals surface area contributed by atoms with Gasteiger partial charge in [0.05, 0.1) is 5.56 Å². The van der Waals surface area contributed by atoms with E-state index in [1.54, 1.807) is 6.07 Å². The standard InChI is InChI=1S/C18H29N3O3/c1-14-13-16(15(2)24-14)18(23)21-11-9-20(10-12-21)17(22)7-5-3-4-6-8-19/h13H,3-12,19H2,1-2H3. The summed E-state index contributed by atoms with van der Waals surface area (Å²) in [5.74, 6) is 1.61. The summed E-state index contributed by atoms with van der Waals surface area (Å²) in [6.07, 6.45) is 4.70. The lowest BCUT2D eigenvalue weighted by molar-refractivity contribution is -0.132. The van der Waals surface area contributed by atoms with E-state index in [4.69, 9.17) is 10.2 Å². The number of carbonyl (C=O) groups excluding carboxylic acids is 2. The van der Waals surface area contributed by atoms with Gasteiger partial charge >= 0.3 is 0 Å². The van der Waals surface area contributed by atoms with E-state index in [1.807, 2.05) is 23.6 Å². The third-order valence-corrected chi connectivity index (χ3v) is 4.54. The van der Waals surface area contributed by atoms with Crippen molar-refractivity contribution < 1.29 is 14.0 Å². The van der Waals surface area contributed by atoms with Crippen molar-refractivity contribution in [3.05, 3.63) is 23.2 Å². The number of nitrogens with zero attached hydrogens (tertiary/aromatic N) is 2. The first-order valence-electron chi connectivity index (χ1n) is 8.87. The van der Waals surface area contributed by atoms with Gasteiger partial charge in [-0.05, 0) is 39.3 Å². The van der Waals surface area contributed by atoms with E-state index in [0.29, 0.717) is 43.9 Å². The van der Waals surface area contributed by atoms with Crippen LogP contribution in [0.15, 0.2) is 10.5 Å². The van der Waals surface area contributed by atoms with Crippen LogP contribution in [0, 0.1) is 13.8 Å². The Bertz CT molecular complexity index is 560. The summed E-state index contributed by atoms with van der Waals surface area (Å²) >= 11 is 0. The Kier molecular flexibility index (Phi) is 6.85. The number of furan rings is 1. The largest absolute Gasteiger partial charge is 0.466 e. The molecule has 6 nitrogen and oxygen atoms in total. The molecule has 0 atom stereocenters. The van der Waals surface area contributed by atoms with E-state index in [0.717, 1.165) is 38.0 Å². The average molecular weight is 335 g/mol. The first-order valence-corrected chi connectivity index (χ1v) is 8.87. The molecule has 2 amide bonds. The van der Waals surface area contributed by atoms with Crippen molar-refractivity contribution in [2.24, 2.45) is 5.73 Å². The van der Waals surface area contributed by atoms with Gasteiger partial charge in [-0.3, -0.25) is 9.59 Å². The third-order valence-electron chi connectivity index (χ3n) is 4.54. The number of nitrogens with two attached hydrogens (primary N) is 1. The van der Waals surface area contributed by atoms with Crippen LogP contribution in [0.1, 0.15) is 54.0 Å². The van der Waals surface area contributed by atoms with Gasteiger partial charge in [0.15, 0.2) is 0 Å². The van der Waals surface area contributed by atoms with Gasteiger partial charge in [-0.15, -0.1) is 0 Å². The van der Waals surface area contributed by atoms with Crippen LogP contribution >= 0.6 is 0 Å². The molecule has 0 bridgehead atoms. The van der Waals surface area contributed by atoms with Crippen molar-refractivity contribution in [2.75, 3.05) is 32.7 Å². The minimum absolute atomic E-state index is 0.00164. The van der Waals surface area contributed by atoms with E-state index in [2.05, 4.69) is 0 Å². The topological polar surface area (TPSA) is 79.8 Å². The van der Waals surface area contributed by atoms with Crippen molar-refractivity contribution in [2.45, 2.75) is 46.0 Å². The van der Waals surface area contributed by atoms with E-state index in [1.165, 1.54) is 0 Å². The molecule has 0 radical (unpaired) electrons. The summed E-state index contributed by atoms with van der Waals surface area (Å²) in [5.41, 5.74) is 6.10. The van der Waals surface area contributed by atoms with Crippen molar-refractivity contribution in [1.82, 2.24) is 9.80 Å². The maximum absolute atomic E-state index is 12.5. The molecule has 1 aliphatic rings. The van der Waals surface area contributed by atoms with Gasteiger partial charge in [0.1, 0.15) is 11.5 Å². The molecule has 0 aliphatic carbocycles. The Morgan fingerprint density at radius 1 is 1.04 bits per heavy atom. The van der Waals surface area contributed by atoms with Crippen LogP contribution in [0.25, 0.3) is 0 Å². The SMILES string of the molecule is Cc1cc(C(=O)N2CCN(C(=O)CCCCCCN)CC2)c(C)o1. The van der Waals surface area contributed by atoms with Gasteiger partial charge in [-0.25, -0.2) is 0 Å². The molecular weight excluding hydrogens is 306 g/mol. The molecule has 1 aromatic heterocycles. The molecule has 2 heterocycles. The lowest BCUT2D eigenvalue weighted by Gasteiger charge is -2.34. The van der Waals surface area contributed by atoms with E-state index < -0.39 is 0 Å². The van der Waals surface area contributed by atoms with Crippen LogP contribution in [-0.2, 0) is 4.79 Å². The number of hydrogen-bond acceptors (Lipinski definition) is 4. The van der Waals surface area contributed by atoms with Crippen LogP contribution in [0.2, 0.25) is 0 Å². The van der Waals surface area contributed by atoms with Gasteiger partial charge in [0.2, 0.25) is 5.91 Å². The zero-order chi connectivity index (χ0) is 17.5. The Morgan fingerprint density at radius 2 is 1.67 bits per heavy atom. The second kappa shape index (κ2) is 8.87. The van der Waals surface area contributed by atoms with E-state index in [-0.39, 0.29) is 11.8 Å². The third kappa shape index (κ3) is 4.84. The highest BCUT2D eigenvalue weighted by atomic mass is 16.3. The van der Waals surface area contributed by atoms with Crippen LogP contribution < -0.4 is 5.73 Å². The molecule has 0 unspecified atom stereocenters. The normalized spacial score (nSPS) is 15.0. The second-order valence-corrected chi connectivity index (χ2v) is 6.45. The molecule has 1 fully saturated rings. The van der Waals surface area contributed by atoms with Crippen molar-refractivity contribution in [3.63, 3.8) is 0 Å². The fraction of sp³-hybridized carbons (Fsp3) is 0.667. The molecule has 0 spiro atoms. The number of carbonyl (C=O) groups is 2. The predicted octanol–water partition coefficient (Wildman–Crippen LogP) is 2.09. The van der Waals surface area contributed by atoms with Crippen molar-refractivity contribution >= 4 is 11.8 Å². The lowest BCUT2D eigenvalue weighted by Crippen LogP contribution is -2.50. The fourth-order valence-corrected chi connectivity index (χ4v) is 3.10. The van der Waals surface area contributed by atoms with E-state index in [9.17, 15) is 9.59 Å². The minimum Gasteiger partial charge on any atom is -0.466 e. The number of rotatable bonds is 7. The first-order chi connectivity index (χ1) is 11.5. The number of aryl methyl sites for hydroxylation is 2. The maximum atomic E-state index is 12.5. The minimum atomic E-state index is -0.00164. The van der Waals surface area contributed by atoms with Crippen LogP contribution in [0.3, 0.4) is 0 Å². The smallest absolute Gasteiger partial charge is 0.257 e. The monoisotopic (exact) mass is 335 g/mol. The molecule has 0 saturated carbocycles. The molecule has 1 aliphatic heterocycles. The molecule has 2 N–H and O–H groups in total. The Balaban J connectivity index is 1.75. The zero-order valence-electron chi connectivity index (χ0n) is 14.8. The summed E-state index contributed by atoms with van der Waals surface area (Å²) in [6.45, 7) is 6.77. The summed E-state index contributed by atoms with van der Waals surface area (Å²) < 4.78 is 5.44. The summed E-state index contributed by atoms with van der Waals surface area (Å²) in [5, 5.41) is 0. The number of amides is 2. The van der Waals surface area contributed by atoms with Gasteiger partial charge < -0.3 is 20.0 Å². The average Bonchev–Trinajstić information content (AvgIpc) is 2.92. The highest BCUT2D eigenvalue weighted by Gasteiger charge is 2.26. The second-order valence-electron chi connectivity index (χ2n) is 6.45. The summed E-state index contributed by atoms with van der Waals surface area (Å²) in [4.78, 5) is 28.4. The van der Waals surface area contributed by atoms with Crippen molar-refractivity contribution in [3.8, 4) is 0 Å². The van der Waals surface area contributed by atoms with Gasteiger partial charge in [-0.2, -0.15) is 0 Å². The molecular formula is C18H29N3O3. The van der Waals surface area contributed by atoms with Crippen LogP contribution in [0.5, 0.6) is 0 Å². The predicted molar refractivity (Wildman–Crippen MR) is 92.8 cm³/mol. The molecule has 1 aromatic rings. The van der Waals surface area contributed by atoms with Gasteiger partial charge in [-0.1, -0.05) is 12.8 Å². The first kappa shape index (κ1) is 18.5. The zero-order valence-corrected chi connectivity index (χ0v) is 14.8. The number of piperazine rings is 1. The van der Waals surface area contributed by atoms with Gasteiger partial charge in [0, 0.05) is 32.6 Å².